The predicted octanol–water partition coefficient (Wildman–Crippen LogP) is 2.18. The molecule has 1 fully saturated rings. The van der Waals surface area contributed by atoms with Gasteiger partial charge < -0.3 is 0 Å². The maximum absolute atomic E-state index is 11.3. The Bertz CT molecular complexity index is 392. The zero-order valence-corrected chi connectivity index (χ0v) is 9.72. The van der Waals surface area contributed by atoms with E-state index in [0.29, 0.717) is 0 Å². The van der Waals surface area contributed by atoms with Crippen LogP contribution in [0.1, 0.15) is 20.3 Å². The van der Waals surface area contributed by atoms with Crippen molar-refractivity contribution < 1.29 is 9.59 Å². The minimum absolute atomic E-state index is 0.0744. The molecule has 0 bridgehead atoms. The Morgan fingerprint density at radius 1 is 1.57 bits per heavy atom. The summed E-state index contributed by atoms with van der Waals surface area (Å²) in [6.45, 7) is 3.41. The molecule has 2 rings (SSSR count). The van der Waals surface area contributed by atoms with Crippen LogP contribution in [-0.2, 0) is 9.59 Å². The predicted molar refractivity (Wildman–Crippen MR) is 57.3 cm³/mol. The number of hydrogen-bond acceptors (Lipinski definition) is 2. The molecule has 0 radical (unpaired) electrons. The Hall–Kier alpha value is -0.700. The zero-order valence-electron chi connectivity index (χ0n) is 8.13. The fourth-order valence-electron chi connectivity index (χ4n) is 1.92. The highest BCUT2D eigenvalue weighted by Gasteiger charge is 2.58. The fraction of sp³-hybridized carbons (Fsp3) is 0.455. The first kappa shape index (κ1) is 9.84. The van der Waals surface area contributed by atoms with Crippen LogP contribution in [0, 0.1) is 5.92 Å². The van der Waals surface area contributed by atoms with Crippen LogP contribution in [0.15, 0.2) is 23.3 Å². The van der Waals surface area contributed by atoms with E-state index in [-0.39, 0.29) is 17.5 Å². The van der Waals surface area contributed by atoms with E-state index in [1.165, 1.54) is 0 Å². The third-order valence-electron chi connectivity index (χ3n) is 3.07. The van der Waals surface area contributed by atoms with Crippen molar-refractivity contribution in [2.45, 2.75) is 24.6 Å². The molecule has 14 heavy (non-hydrogen) atoms. The van der Waals surface area contributed by atoms with Gasteiger partial charge in [0.1, 0.15) is 5.78 Å². The molecule has 2 atom stereocenters. The van der Waals surface area contributed by atoms with E-state index < -0.39 is 4.32 Å². The van der Waals surface area contributed by atoms with Crippen molar-refractivity contribution >= 4 is 27.5 Å². The van der Waals surface area contributed by atoms with Gasteiger partial charge >= 0.3 is 0 Å². The van der Waals surface area contributed by atoms with Gasteiger partial charge in [0.2, 0.25) is 0 Å². The smallest absolute Gasteiger partial charge is 0.181 e. The molecule has 2 aliphatic rings. The molecule has 2 aliphatic carbocycles. The highest BCUT2D eigenvalue weighted by molar-refractivity contribution is 9.10. The molecular weight excluding hydrogens is 244 g/mol. The van der Waals surface area contributed by atoms with Gasteiger partial charge in [0.25, 0.3) is 0 Å². The van der Waals surface area contributed by atoms with E-state index in [4.69, 9.17) is 0 Å². The third-order valence-corrected chi connectivity index (χ3v) is 4.51. The van der Waals surface area contributed by atoms with Crippen LogP contribution in [0.2, 0.25) is 0 Å². The molecule has 2 nitrogen and oxygen atoms in total. The lowest BCUT2D eigenvalue weighted by Crippen LogP contribution is -2.14. The van der Waals surface area contributed by atoms with Crippen molar-refractivity contribution in [3.8, 4) is 0 Å². The monoisotopic (exact) mass is 254 g/mol. The number of allylic oxidation sites excluding steroid dienone is 4. The lowest BCUT2D eigenvalue weighted by atomic mass is 10.1. The van der Waals surface area contributed by atoms with Gasteiger partial charge in [-0.2, -0.15) is 0 Å². The molecule has 0 heterocycles. The van der Waals surface area contributed by atoms with Crippen molar-refractivity contribution in [3.05, 3.63) is 23.3 Å². The van der Waals surface area contributed by atoms with Crippen molar-refractivity contribution in [1.29, 1.82) is 0 Å². The van der Waals surface area contributed by atoms with Gasteiger partial charge in [-0.3, -0.25) is 9.59 Å². The first-order chi connectivity index (χ1) is 6.47. The molecule has 74 valence electrons. The topological polar surface area (TPSA) is 34.1 Å². The quantitative estimate of drug-likeness (QED) is 0.709. The normalized spacial score (nSPS) is 35.4. The molecule has 0 unspecified atom stereocenters. The van der Waals surface area contributed by atoms with E-state index in [1.54, 1.807) is 13.0 Å². The summed E-state index contributed by atoms with van der Waals surface area (Å²) in [5.41, 5.74) is 1.82. The van der Waals surface area contributed by atoms with E-state index in [0.717, 1.165) is 17.6 Å². The minimum atomic E-state index is -0.390. The molecular formula is C11H11BrO2. The van der Waals surface area contributed by atoms with Crippen molar-refractivity contribution in [3.63, 3.8) is 0 Å². The first-order valence-corrected chi connectivity index (χ1v) is 5.39. The van der Waals surface area contributed by atoms with Gasteiger partial charge in [-0.15, -0.1) is 0 Å². The molecule has 0 aliphatic heterocycles. The fourth-order valence-corrected chi connectivity index (χ4v) is 2.49. The van der Waals surface area contributed by atoms with Gasteiger partial charge in [0.15, 0.2) is 5.78 Å². The summed E-state index contributed by atoms with van der Waals surface area (Å²) in [5.74, 6) is 0.420. The number of halogens is 1. The molecule has 0 N–H and O–H groups in total. The second kappa shape index (κ2) is 2.89. The maximum atomic E-state index is 11.3. The van der Waals surface area contributed by atoms with Gasteiger partial charge in [-0.25, -0.2) is 0 Å². The standard InChI is InChI=1S/C11H11BrO2/c1-6-8(3-4-10(6)14)9-5-11(9,12)7(2)13/h3-4,9H,5H2,1-2H3/t9-,11+/m0/s1. The highest BCUT2D eigenvalue weighted by Crippen LogP contribution is 2.57. The largest absolute Gasteiger partial charge is 0.298 e. The van der Waals surface area contributed by atoms with Gasteiger partial charge in [0, 0.05) is 5.92 Å². The lowest BCUT2D eigenvalue weighted by Gasteiger charge is -2.05. The molecule has 0 aromatic carbocycles. The third kappa shape index (κ3) is 1.22. The van der Waals surface area contributed by atoms with Gasteiger partial charge in [-0.05, 0) is 37.5 Å². The van der Waals surface area contributed by atoms with Crippen LogP contribution < -0.4 is 0 Å². The Labute approximate surface area is 91.2 Å². The Balaban J connectivity index is 2.26. The van der Waals surface area contributed by atoms with Crippen LogP contribution in [0.4, 0.5) is 0 Å². The number of hydrogen-bond donors (Lipinski definition) is 0. The molecule has 0 amide bonds. The van der Waals surface area contributed by atoms with Crippen molar-refractivity contribution in [1.82, 2.24) is 0 Å². The molecule has 0 saturated heterocycles. The van der Waals surface area contributed by atoms with Crippen molar-refractivity contribution in [2.24, 2.45) is 5.92 Å². The average molecular weight is 255 g/mol. The molecule has 3 heteroatoms. The Morgan fingerprint density at radius 3 is 2.57 bits per heavy atom. The van der Waals surface area contributed by atoms with Crippen LogP contribution >= 0.6 is 15.9 Å². The number of carbonyl (C=O) groups excluding carboxylic acids is 2. The van der Waals surface area contributed by atoms with Crippen LogP contribution in [0.25, 0.3) is 0 Å². The highest BCUT2D eigenvalue weighted by atomic mass is 79.9. The van der Waals surface area contributed by atoms with Gasteiger partial charge in [-0.1, -0.05) is 22.0 Å². The van der Waals surface area contributed by atoms with Crippen LogP contribution in [0.3, 0.4) is 0 Å². The molecule has 1 saturated carbocycles. The van der Waals surface area contributed by atoms with Crippen LogP contribution in [-0.4, -0.2) is 15.9 Å². The van der Waals surface area contributed by atoms with E-state index in [1.807, 2.05) is 13.0 Å². The lowest BCUT2D eigenvalue weighted by molar-refractivity contribution is -0.117. The summed E-state index contributed by atoms with van der Waals surface area (Å²) in [6.07, 6.45) is 4.23. The van der Waals surface area contributed by atoms with E-state index in [2.05, 4.69) is 15.9 Å². The first-order valence-electron chi connectivity index (χ1n) is 4.60. The van der Waals surface area contributed by atoms with E-state index in [9.17, 15) is 9.59 Å². The molecule has 0 aromatic heterocycles. The Kier molecular flexibility index (Phi) is 2.03. The summed E-state index contributed by atoms with van der Waals surface area (Å²) in [7, 11) is 0. The summed E-state index contributed by atoms with van der Waals surface area (Å²) < 4.78 is -0.390. The van der Waals surface area contributed by atoms with Crippen LogP contribution in [0.5, 0.6) is 0 Å². The molecule has 0 spiro atoms. The Morgan fingerprint density at radius 2 is 2.21 bits per heavy atom. The minimum Gasteiger partial charge on any atom is -0.298 e. The van der Waals surface area contributed by atoms with E-state index >= 15 is 0 Å². The second-order valence-corrected chi connectivity index (χ2v) is 5.37. The number of rotatable bonds is 2. The summed E-state index contributed by atoms with van der Waals surface area (Å²) in [4.78, 5) is 22.6. The summed E-state index contributed by atoms with van der Waals surface area (Å²) in [5, 5.41) is 0. The number of carbonyl (C=O) groups is 2. The zero-order chi connectivity index (χ0) is 10.5. The van der Waals surface area contributed by atoms with Gasteiger partial charge in [0.05, 0.1) is 4.32 Å². The maximum Gasteiger partial charge on any atom is 0.181 e. The summed E-state index contributed by atoms with van der Waals surface area (Å²) >= 11 is 3.45. The summed E-state index contributed by atoms with van der Waals surface area (Å²) in [6, 6.07) is 0. The molecule has 0 aromatic rings. The number of Topliss-reactive ketones (excluding diaryl/α,β-unsaturated/α-hetero) is 1. The number of alkyl halides is 1. The SMILES string of the molecule is CC(=O)[C@]1(Br)C[C@H]1C1=C(C)C(=O)C=C1. The number of ketones is 2. The average Bonchev–Trinajstić information content (AvgIpc) is 2.69. The second-order valence-electron chi connectivity index (χ2n) is 3.95. The van der Waals surface area contributed by atoms with Crippen molar-refractivity contribution in [2.75, 3.05) is 0 Å².